The minimum absolute atomic E-state index is 0.0599. The van der Waals surface area contributed by atoms with E-state index in [0.29, 0.717) is 12.5 Å². The van der Waals surface area contributed by atoms with E-state index in [1.807, 2.05) is 0 Å². The molecule has 6 heteroatoms. The number of aromatic nitrogens is 1. The van der Waals surface area contributed by atoms with Crippen LogP contribution in [0.15, 0.2) is 17.1 Å². The van der Waals surface area contributed by atoms with Crippen LogP contribution in [0.4, 0.5) is 0 Å². The number of amides is 1. The number of ether oxygens (including phenoxy) is 2. The average molecular weight is 294 g/mol. The Bertz CT molecular complexity index is 547. The first-order chi connectivity index (χ1) is 10.1. The van der Waals surface area contributed by atoms with E-state index in [9.17, 15) is 9.59 Å². The zero-order valence-corrected chi connectivity index (χ0v) is 12.6. The lowest BCUT2D eigenvalue weighted by Crippen LogP contribution is -2.34. The molecule has 0 aromatic carbocycles. The van der Waals surface area contributed by atoms with Crippen LogP contribution in [0.3, 0.4) is 0 Å². The third kappa shape index (κ3) is 4.32. The van der Waals surface area contributed by atoms with Crippen molar-refractivity contribution >= 4 is 5.91 Å². The highest BCUT2D eigenvalue weighted by molar-refractivity contribution is 5.75. The van der Waals surface area contributed by atoms with Gasteiger partial charge in [-0.25, -0.2) is 0 Å². The normalized spacial score (nSPS) is 15.7. The maximum Gasteiger partial charge on any atom is 0.239 e. The number of carbonyl (C=O) groups excluding carboxylic acids is 1. The van der Waals surface area contributed by atoms with Gasteiger partial charge in [-0.15, -0.1) is 0 Å². The smallest absolute Gasteiger partial charge is 0.239 e. The second-order valence-electron chi connectivity index (χ2n) is 5.34. The van der Waals surface area contributed by atoms with Gasteiger partial charge in [-0.3, -0.25) is 9.59 Å². The molecule has 0 spiro atoms. The van der Waals surface area contributed by atoms with Crippen molar-refractivity contribution in [2.75, 3.05) is 26.9 Å². The molecule has 1 saturated heterocycles. The zero-order chi connectivity index (χ0) is 15.2. The van der Waals surface area contributed by atoms with Crippen LogP contribution in [0.5, 0.6) is 5.75 Å². The Hall–Kier alpha value is -1.82. The predicted molar refractivity (Wildman–Crippen MR) is 78.5 cm³/mol. The van der Waals surface area contributed by atoms with Gasteiger partial charge in [0.05, 0.1) is 13.3 Å². The van der Waals surface area contributed by atoms with Crippen molar-refractivity contribution in [2.45, 2.75) is 26.3 Å². The molecule has 1 aliphatic heterocycles. The SMILES string of the molecule is COc1cn(CC(=O)NCC2CCOCC2)c(C)cc1=O. The average Bonchev–Trinajstić information content (AvgIpc) is 2.49. The van der Waals surface area contributed by atoms with Crippen LogP contribution in [0.25, 0.3) is 0 Å². The number of hydrogen-bond acceptors (Lipinski definition) is 4. The summed E-state index contributed by atoms with van der Waals surface area (Å²) in [5.41, 5.74) is 0.566. The molecule has 1 fully saturated rings. The highest BCUT2D eigenvalue weighted by Gasteiger charge is 2.15. The summed E-state index contributed by atoms with van der Waals surface area (Å²) in [4.78, 5) is 23.6. The lowest BCUT2D eigenvalue weighted by atomic mass is 10.0. The quantitative estimate of drug-likeness (QED) is 0.868. The van der Waals surface area contributed by atoms with Crippen molar-refractivity contribution in [3.8, 4) is 5.75 Å². The van der Waals surface area contributed by atoms with Crippen LogP contribution in [0.1, 0.15) is 18.5 Å². The van der Waals surface area contributed by atoms with Crippen molar-refractivity contribution in [1.82, 2.24) is 9.88 Å². The Morgan fingerprint density at radius 2 is 2.19 bits per heavy atom. The van der Waals surface area contributed by atoms with E-state index in [0.717, 1.165) is 31.7 Å². The third-order valence-corrected chi connectivity index (χ3v) is 3.77. The number of nitrogens with one attached hydrogen (secondary N) is 1. The first kappa shape index (κ1) is 15.6. The fraction of sp³-hybridized carbons (Fsp3) is 0.600. The Kier molecular flexibility index (Phi) is 5.38. The van der Waals surface area contributed by atoms with E-state index in [1.54, 1.807) is 17.7 Å². The third-order valence-electron chi connectivity index (χ3n) is 3.77. The molecular weight excluding hydrogens is 272 g/mol. The molecule has 0 saturated carbocycles. The first-order valence-corrected chi connectivity index (χ1v) is 7.19. The molecule has 0 unspecified atom stereocenters. The number of nitrogens with zero attached hydrogens (tertiary/aromatic N) is 1. The Morgan fingerprint density at radius 3 is 2.86 bits per heavy atom. The first-order valence-electron chi connectivity index (χ1n) is 7.19. The Morgan fingerprint density at radius 1 is 1.48 bits per heavy atom. The van der Waals surface area contributed by atoms with Crippen molar-refractivity contribution in [2.24, 2.45) is 5.92 Å². The predicted octanol–water partition coefficient (Wildman–Crippen LogP) is 0.708. The van der Waals surface area contributed by atoms with Crippen molar-refractivity contribution in [3.63, 3.8) is 0 Å². The van der Waals surface area contributed by atoms with Gasteiger partial charge in [-0.2, -0.15) is 0 Å². The van der Waals surface area contributed by atoms with Gasteiger partial charge in [0.2, 0.25) is 11.3 Å². The second-order valence-corrected chi connectivity index (χ2v) is 5.34. The standard InChI is InChI=1S/C15H22N2O4/c1-11-7-13(18)14(20-2)9-17(11)10-15(19)16-8-12-3-5-21-6-4-12/h7,9,12H,3-6,8,10H2,1-2H3,(H,16,19). The summed E-state index contributed by atoms with van der Waals surface area (Å²) in [6.07, 6.45) is 3.56. The molecule has 1 aromatic heterocycles. The van der Waals surface area contributed by atoms with Crippen LogP contribution in [0, 0.1) is 12.8 Å². The summed E-state index contributed by atoms with van der Waals surface area (Å²) in [7, 11) is 1.45. The topological polar surface area (TPSA) is 69.6 Å². The summed E-state index contributed by atoms with van der Waals surface area (Å²) in [6.45, 7) is 4.21. The van der Waals surface area contributed by atoms with Crippen LogP contribution in [-0.2, 0) is 16.1 Å². The molecule has 1 N–H and O–H groups in total. The van der Waals surface area contributed by atoms with Crippen LogP contribution < -0.4 is 15.5 Å². The number of methoxy groups -OCH3 is 1. The molecule has 21 heavy (non-hydrogen) atoms. The lowest BCUT2D eigenvalue weighted by Gasteiger charge is -2.22. The molecule has 1 aromatic rings. The van der Waals surface area contributed by atoms with E-state index >= 15 is 0 Å². The molecule has 2 rings (SSSR count). The fourth-order valence-electron chi connectivity index (χ4n) is 2.39. The van der Waals surface area contributed by atoms with E-state index in [1.165, 1.54) is 13.2 Å². The van der Waals surface area contributed by atoms with Crippen molar-refractivity contribution in [3.05, 3.63) is 28.2 Å². The molecule has 6 nitrogen and oxygen atoms in total. The van der Waals surface area contributed by atoms with Crippen molar-refractivity contribution < 1.29 is 14.3 Å². The van der Waals surface area contributed by atoms with Crippen LogP contribution in [-0.4, -0.2) is 37.3 Å². The Labute approximate surface area is 124 Å². The maximum atomic E-state index is 12.0. The molecule has 116 valence electrons. The summed E-state index contributed by atoms with van der Waals surface area (Å²) in [5, 5.41) is 2.95. The Balaban J connectivity index is 1.91. The summed E-state index contributed by atoms with van der Waals surface area (Å²) in [5.74, 6) is 0.681. The second kappa shape index (κ2) is 7.26. The van der Waals surface area contributed by atoms with Gasteiger partial charge in [0, 0.05) is 31.5 Å². The molecular formula is C15H22N2O4. The highest BCUT2D eigenvalue weighted by Crippen LogP contribution is 2.13. The lowest BCUT2D eigenvalue weighted by molar-refractivity contribution is -0.122. The fourth-order valence-corrected chi connectivity index (χ4v) is 2.39. The van der Waals surface area contributed by atoms with E-state index in [2.05, 4.69) is 5.32 Å². The summed E-state index contributed by atoms with van der Waals surface area (Å²) >= 11 is 0. The summed E-state index contributed by atoms with van der Waals surface area (Å²) < 4.78 is 12.0. The molecule has 0 radical (unpaired) electrons. The van der Waals surface area contributed by atoms with Gasteiger partial charge in [-0.1, -0.05) is 0 Å². The number of hydrogen-bond donors (Lipinski definition) is 1. The molecule has 0 aliphatic carbocycles. The molecule has 2 heterocycles. The van der Waals surface area contributed by atoms with E-state index < -0.39 is 0 Å². The van der Waals surface area contributed by atoms with Crippen LogP contribution in [0.2, 0.25) is 0 Å². The van der Waals surface area contributed by atoms with E-state index in [4.69, 9.17) is 9.47 Å². The monoisotopic (exact) mass is 294 g/mol. The molecule has 0 bridgehead atoms. The van der Waals surface area contributed by atoms with Gasteiger partial charge in [0.15, 0.2) is 5.75 Å². The number of aryl methyl sites for hydroxylation is 1. The molecule has 1 aliphatic rings. The van der Waals surface area contributed by atoms with Gasteiger partial charge in [0.25, 0.3) is 0 Å². The number of carbonyl (C=O) groups is 1. The van der Waals surface area contributed by atoms with Gasteiger partial charge in [0.1, 0.15) is 6.54 Å². The zero-order valence-electron chi connectivity index (χ0n) is 12.6. The van der Waals surface area contributed by atoms with Gasteiger partial charge >= 0.3 is 0 Å². The molecule has 0 atom stereocenters. The maximum absolute atomic E-state index is 12.0. The number of pyridine rings is 1. The van der Waals surface area contributed by atoms with Crippen LogP contribution >= 0.6 is 0 Å². The minimum atomic E-state index is -0.172. The summed E-state index contributed by atoms with van der Waals surface area (Å²) in [6, 6.07) is 1.48. The van der Waals surface area contributed by atoms with Gasteiger partial charge in [-0.05, 0) is 25.7 Å². The largest absolute Gasteiger partial charge is 0.491 e. The van der Waals surface area contributed by atoms with E-state index in [-0.39, 0.29) is 23.6 Å². The highest BCUT2D eigenvalue weighted by atomic mass is 16.5. The minimum Gasteiger partial charge on any atom is -0.491 e. The molecule has 1 amide bonds. The number of rotatable bonds is 5. The van der Waals surface area contributed by atoms with Gasteiger partial charge < -0.3 is 19.4 Å². The van der Waals surface area contributed by atoms with Crippen molar-refractivity contribution in [1.29, 1.82) is 0 Å².